The van der Waals surface area contributed by atoms with Crippen LogP contribution in [0.15, 0.2) is 12.1 Å². The predicted molar refractivity (Wildman–Crippen MR) is 63.6 cm³/mol. The van der Waals surface area contributed by atoms with E-state index in [1.54, 1.807) is 0 Å². The summed E-state index contributed by atoms with van der Waals surface area (Å²) in [5.74, 6) is 0.771. The van der Waals surface area contributed by atoms with Crippen LogP contribution in [-0.4, -0.2) is 16.0 Å². The van der Waals surface area contributed by atoms with Crippen molar-refractivity contribution in [3.63, 3.8) is 0 Å². The van der Waals surface area contributed by atoms with Gasteiger partial charge in [-0.2, -0.15) is 0 Å². The molecule has 1 aromatic rings. The molecule has 0 fully saturated rings. The molecule has 0 unspecified atom stereocenters. The van der Waals surface area contributed by atoms with Crippen molar-refractivity contribution in [2.75, 3.05) is 5.32 Å². The van der Waals surface area contributed by atoms with Gasteiger partial charge in [0.05, 0.1) is 5.56 Å². The zero-order valence-corrected chi connectivity index (χ0v) is 9.48. The Labute approximate surface area is 89.7 Å². The number of nitrogens with one attached hydrogen (secondary N) is 1. The first-order valence-electron chi connectivity index (χ1n) is 4.54. The Morgan fingerprint density at radius 3 is 2.64 bits per heavy atom. The SMILES string of the molecule is Cc1ccc(C(N)=S)c(NC(C)C)n1. The lowest BCUT2D eigenvalue weighted by atomic mass is 10.2. The van der Waals surface area contributed by atoms with Crippen molar-refractivity contribution in [1.82, 2.24) is 4.98 Å². The highest BCUT2D eigenvalue weighted by atomic mass is 32.1. The van der Waals surface area contributed by atoms with Gasteiger partial charge in [0.15, 0.2) is 0 Å². The molecule has 0 aliphatic rings. The summed E-state index contributed by atoms with van der Waals surface area (Å²) in [5.41, 5.74) is 7.35. The molecule has 0 bridgehead atoms. The molecule has 0 saturated carbocycles. The average molecular weight is 209 g/mol. The number of hydrogen-bond donors (Lipinski definition) is 2. The van der Waals surface area contributed by atoms with E-state index in [4.69, 9.17) is 18.0 Å². The Morgan fingerprint density at radius 1 is 1.50 bits per heavy atom. The fourth-order valence-corrected chi connectivity index (χ4v) is 1.30. The van der Waals surface area contributed by atoms with Gasteiger partial charge in [-0.05, 0) is 32.9 Å². The van der Waals surface area contributed by atoms with Crippen molar-refractivity contribution in [2.24, 2.45) is 5.73 Å². The van der Waals surface area contributed by atoms with Gasteiger partial charge in [-0.1, -0.05) is 12.2 Å². The molecule has 0 amide bonds. The van der Waals surface area contributed by atoms with Gasteiger partial charge < -0.3 is 11.1 Å². The van der Waals surface area contributed by atoms with Crippen molar-refractivity contribution in [3.05, 3.63) is 23.4 Å². The molecule has 0 atom stereocenters. The minimum Gasteiger partial charge on any atom is -0.389 e. The van der Waals surface area contributed by atoms with Crippen LogP contribution >= 0.6 is 12.2 Å². The first-order valence-corrected chi connectivity index (χ1v) is 4.95. The summed E-state index contributed by atoms with van der Waals surface area (Å²) >= 11 is 4.94. The quantitative estimate of drug-likeness (QED) is 0.746. The molecule has 0 aromatic carbocycles. The van der Waals surface area contributed by atoms with Crippen LogP contribution in [0.25, 0.3) is 0 Å². The molecular weight excluding hydrogens is 194 g/mol. The summed E-state index contributed by atoms with van der Waals surface area (Å²) in [6.07, 6.45) is 0. The smallest absolute Gasteiger partial charge is 0.136 e. The first kappa shape index (κ1) is 10.9. The predicted octanol–water partition coefficient (Wildman–Crippen LogP) is 1.84. The second-order valence-electron chi connectivity index (χ2n) is 3.51. The molecule has 0 aliphatic carbocycles. The minimum absolute atomic E-state index is 0.317. The van der Waals surface area contributed by atoms with Gasteiger partial charge in [-0.15, -0.1) is 0 Å². The second kappa shape index (κ2) is 4.37. The Hall–Kier alpha value is -1.16. The van der Waals surface area contributed by atoms with E-state index in [1.807, 2.05) is 32.9 Å². The minimum atomic E-state index is 0.317. The number of hydrogen-bond acceptors (Lipinski definition) is 3. The number of rotatable bonds is 3. The van der Waals surface area contributed by atoms with Crippen molar-refractivity contribution in [2.45, 2.75) is 26.8 Å². The van der Waals surface area contributed by atoms with Gasteiger partial charge in [0.1, 0.15) is 10.8 Å². The van der Waals surface area contributed by atoms with Gasteiger partial charge >= 0.3 is 0 Å². The van der Waals surface area contributed by atoms with E-state index >= 15 is 0 Å². The highest BCUT2D eigenvalue weighted by molar-refractivity contribution is 7.80. The molecule has 0 radical (unpaired) electrons. The third-order valence-electron chi connectivity index (χ3n) is 1.73. The number of pyridine rings is 1. The molecule has 76 valence electrons. The Kier molecular flexibility index (Phi) is 3.41. The highest BCUT2D eigenvalue weighted by Gasteiger charge is 2.07. The largest absolute Gasteiger partial charge is 0.389 e. The number of nitrogens with two attached hydrogens (primary N) is 1. The molecule has 14 heavy (non-hydrogen) atoms. The Balaban J connectivity index is 3.09. The third kappa shape index (κ3) is 2.67. The van der Waals surface area contributed by atoms with Crippen molar-refractivity contribution >= 4 is 23.0 Å². The normalized spacial score (nSPS) is 10.3. The monoisotopic (exact) mass is 209 g/mol. The average Bonchev–Trinajstić information content (AvgIpc) is 2.01. The maximum Gasteiger partial charge on any atom is 0.136 e. The first-order chi connectivity index (χ1) is 6.50. The van der Waals surface area contributed by atoms with Crippen LogP contribution < -0.4 is 11.1 Å². The fraction of sp³-hybridized carbons (Fsp3) is 0.400. The molecule has 1 heterocycles. The second-order valence-corrected chi connectivity index (χ2v) is 3.95. The van der Waals surface area contributed by atoms with Gasteiger partial charge in [-0.3, -0.25) is 0 Å². The van der Waals surface area contributed by atoms with Gasteiger partial charge in [0.2, 0.25) is 0 Å². The lowest BCUT2D eigenvalue weighted by Gasteiger charge is -2.13. The van der Waals surface area contributed by atoms with Crippen molar-refractivity contribution < 1.29 is 0 Å². The van der Waals surface area contributed by atoms with E-state index in [1.165, 1.54) is 0 Å². The van der Waals surface area contributed by atoms with Gasteiger partial charge in [0.25, 0.3) is 0 Å². The summed E-state index contributed by atoms with van der Waals surface area (Å²) in [4.78, 5) is 4.73. The summed E-state index contributed by atoms with van der Waals surface area (Å²) in [6.45, 7) is 6.04. The number of thiocarbonyl (C=S) groups is 1. The summed E-state index contributed by atoms with van der Waals surface area (Å²) in [6, 6.07) is 4.12. The lowest BCUT2D eigenvalue weighted by Crippen LogP contribution is -2.18. The third-order valence-corrected chi connectivity index (χ3v) is 1.95. The standard InChI is InChI=1S/C10H15N3S/c1-6(2)12-10-8(9(11)14)5-4-7(3)13-10/h4-6H,1-3H3,(H2,11,14)(H,12,13). The summed E-state index contributed by atoms with van der Waals surface area (Å²) in [7, 11) is 0. The Morgan fingerprint density at radius 2 is 2.14 bits per heavy atom. The van der Waals surface area contributed by atoms with Crippen LogP contribution in [0.1, 0.15) is 25.1 Å². The molecule has 3 nitrogen and oxygen atoms in total. The topological polar surface area (TPSA) is 50.9 Å². The van der Waals surface area contributed by atoms with Crippen molar-refractivity contribution in [3.8, 4) is 0 Å². The van der Waals surface area contributed by atoms with Gasteiger partial charge in [-0.25, -0.2) is 4.98 Å². The van der Waals surface area contributed by atoms with Gasteiger partial charge in [0, 0.05) is 11.7 Å². The van der Waals surface area contributed by atoms with E-state index in [0.717, 1.165) is 17.1 Å². The van der Waals surface area contributed by atoms with E-state index in [2.05, 4.69) is 10.3 Å². The molecule has 1 rings (SSSR count). The number of nitrogens with zero attached hydrogens (tertiary/aromatic N) is 1. The zero-order valence-electron chi connectivity index (χ0n) is 8.66. The molecule has 0 saturated heterocycles. The summed E-state index contributed by atoms with van der Waals surface area (Å²) in [5, 5.41) is 3.22. The maximum absolute atomic E-state index is 5.59. The van der Waals surface area contributed by atoms with Crippen LogP contribution in [0.4, 0.5) is 5.82 Å². The molecule has 0 aliphatic heterocycles. The van der Waals surface area contributed by atoms with E-state index in [-0.39, 0.29) is 0 Å². The Bertz CT molecular complexity index is 347. The zero-order chi connectivity index (χ0) is 10.7. The molecule has 1 aromatic heterocycles. The number of anilines is 1. The molecular formula is C10H15N3S. The lowest BCUT2D eigenvalue weighted by molar-refractivity contribution is 0.886. The van der Waals surface area contributed by atoms with Crippen LogP contribution in [0.3, 0.4) is 0 Å². The van der Waals surface area contributed by atoms with E-state index < -0.39 is 0 Å². The van der Waals surface area contributed by atoms with Crippen LogP contribution in [0.5, 0.6) is 0 Å². The highest BCUT2D eigenvalue weighted by Crippen LogP contribution is 2.14. The van der Waals surface area contributed by atoms with Crippen molar-refractivity contribution in [1.29, 1.82) is 0 Å². The number of aryl methyl sites for hydroxylation is 1. The molecule has 4 heteroatoms. The van der Waals surface area contributed by atoms with E-state index in [0.29, 0.717) is 11.0 Å². The molecule has 3 N–H and O–H groups in total. The molecule has 0 spiro atoms. The van der Waals surface area contributed by atoms with E-state index in [9.17, 15) is 0 Å². The fourth-order valence-electron chi connectivity index (χ4n) is 1.14. The number of aromatic nitrogens is 1. The van der Waals surface area contributed by atoms with Crippen LogP contribution in [0, 0.1) is 6.92 Å². The maximum atomic E-state index is 5.59. The van der Waals surface area contributed by atoms with Crippen LogP contribution in [0.2, 0.25) is 0 Å². The van der Waals surface area contributed by atoms with Crippen LogP contribution in [-0.2, 0) is 0 Å². The summed E-state index contributed by atoms with van der Waals surface area (Å²) < 4.78 is 0.